The number of methoxy groups -OCH3 is 1. The predicted molar refractivity (Wildman–Crippen MR) is 263 cm³/mol. The number of urea groups is 1. The number of carbonyl (C=O) groups is 4. The molecule has 71 heavy (non-hydrogen) atoms. The molecule has 4 N–H and O–H groups in total. The Morgan fingerprint density at radius 1 is 0.915 bits per heavy atom. The number of piperazine rings is 1. The number of hydrogen-bond donors (Lipinski definition) is 3. The van der Waals surface area contributed by atoms with Crippen molar-refractivity contribution in [1.82, 2.24) is 30.3 Å². The van der Waals surface area contributed by atoms with E-state index in [1.807, 2.05) is 55.5 Å². The zero-order valence-corrected chi connectivity index (χ0v) is 40.7. The van der Waals surface area contributed by atoms with E-state index in [1.54, 1.807) is 4.90 Å². The van der Waals surface area contributed by atoms with Gasteiger partial charge in [0.25, 0.3) is 0 Å². The van der Waals surface area contributed by atoms with Gasteiger partial charge in [-0.25, -0.2) is 18.6 Å². The molecule has 5 amide bonds. The summed E-state index contributed by atoms with van der Waals surface area (Å²) in [5, 5.41) is 5.76. The van der Waals surface area contributed by atoms with Crippen LogP contribution in [0.4, 0.5) is 19.3 Å². The van der Waals surface area contributed by atoms with Crippen molar-refractivity contribution in [2.75, 3.05) is 70.9 Å². The van der Waals surface area contributed by atoms with E-state index in [0.29, 0.717) is 53.8 Å². The molecule has 0 radical (unpaired) electrons. The average Bonchev–Trinajstić information content (AvgIpc) is 3.91. The molecule has 10 rings (SSSR count). The molecule has 1 saturated carbocycles. The van der Waals surface area contributed by atoms with Crippen molar-refractivity contribution in [1.29, 1.82) is 0 Å². The summed E-state index contributed by atoms with van der Waals surface area (Å²) >= 11 is 6.70. The first kappa shape index (κ1) is 48.5. The van der Waals surface area contributed by atoms with E-state index in [2.05, 4.69) is 25.3 Å². The number of rotatable bonds is 13. The minimum absolute atomic E-state index is 0.00123. The van der Waals surface area contributed by atoms with Crippen LogP contribution in [0.5, 0.6) is 11.5 Å². The summed E-state index contributed by atoms with van der Waals surface area (Å²) in [4.78, 5) is 63.8. The van der Waals surface area contributed by atoms with Crippen molar-refractivity contribution in [2.45, 2.75) is 76.0 Å². The summed E-state index contributed by atoms with van der Waals surface area (Å²) in [5.41, 5.74) is 7.57. The number of ether oxygens (including phenoxy) is 2. The van der Waals surface area contributed by atoms with Gasteiger partial charge >= 0.3 is 6.03 Å². The fraction of sp³-hybridized carbons (Fsp3) is 0.453. The number of likely N-dealkylation sites (tertiary alicyclic amines) is 1. The minimum atomic E-state index is -1.07. The van der Waals surface area contributed by atoms with Crippen LogP contribution in [0.3, 0.4) is 0 Å². The molecule has 15 nitrogen and oxygen atoms in total. The second-order valence-corrected chi connectivity index (χ2v) is 20.1. The fourth-order valence-electron chi connectivity index (χ4n) is 11.5. The lowest BCUT2D eigenvalue weighted by Crippen LogP contribution is -2.50. The highest BCUT2D eigenvalue weighted by molar-refractivity contribution is 6.34. The lowest BCUT2D eigenvalue weighted by molar-refractivity contribution is -0.138. The number of piperidine rings is 1. The highest BCUT2D eigenvalue weighted by Crippen LogP contribution is 2.56. The van der Waals surface area contributed by atoms with Gasteiger partial charge in [-0.15, -0.1) is 0 Å². The molecule has 5 aromatic rings. The average molecular weight is 994 g/mol. The summed E-state index contributed by atoms with van der Waals surface area (Å²) in [6, 6.07) is 18.6. The van der Waals surface area contributed by atoms with Gasteiger partial charge in [-0.05, 0) is 80.3 Å². The second-order valence-electron chi connectivity index (χ2n) is 19.7. The number of nitrogens with two attached hydrogens (primary N) is 1. The van der Waals surface area contributed by atoms with Gasteiger partial charge in [0.05, 0.1) is 24.2 Å². The molecular weight excluding hydrogens is 934 g/mol. The molecule has 3 saturated heterocycles. The van der Waals surface area contributed by atoms with Crippen LogP contribution in [0.15, 0.2) is 71.1 Å². The number of oxazole rings is 1. The number of anilines is 1. The van der Waals surface area contributed by atoms with E-state index >= 15 is 8.78 Å². The number of aromatic nitrogens is 1. The van der Waals surface area contributed by atoms with E-state index < -0.39 is 35.1 Å². The zero-order chi connectivity index (χ0) is 49.6. The first-order valence-corrected chi connectivity index (χ1v) is 25.1. The number of primary amides is 1. The van der Waals surface area contributed by atoms with Crippen LogP contribution in [0.2, 0.25) is 5.02 Å². The maximum absolute atomic E-state index is 16.2. The van der Waals surface area contributed by atoms with Gasteiger partial charge in [0, 0.05) is 112 Å². The maximum atomic E-state index is 16.2. The zero-order valence-electron chi connectivity index (χ0n) is 40.0. The number of carbonyl (C=O) groups excluding carboxylic acids is 4. The highest BCUT2D eigenvalue weighted by Gasteiger charge is 2.50. The first-order valence-electron chi connectivity index (χ1n) is 24.7. The summed E-state index contributed by atoms with van der Waals surface area (Å²) in [5.74, 6) is -1.98. The summed E-state index contributed by atoms with van der Waals surface area (Å²) in [7, 11) is 1.30. The molecule has 4 fully saturated rings. The smallest absolute Gasteiger partial charge is 0.328 e. The molecule has 4 aliphatic heterocycles. The Kier molecular flexibility index (Phi) is 13.8. The van der Waals surface area contributed by atoms with Crippen LogP contribution < -0.4 is 30.7 Å². The Hall–Kier alpha value is -6.14. The Morgan fingerprint density at radius 2 is 1.65 bits per heavy atom. The fourth-order valence-corrected chi connectivity index (χ4v) is 11.8. The van der Waals surface area contributed by atoms with Gasteiger partial charge < -0.3 is 34.7 Å². The maximum Gasteiger partial charge on any atom is 0.328 e. The number of benzene rings is 4. The number of nitrogens with zero attached hydrogens (tertiary/aromatic N) is 5. The van der Waals surface area contributed by atoms with Crippen LogP contribution in [-0.4, -0.2) is 115 Å². The highest BCUT2D eigenvalue weighted by atomic mass is 35.5. The third kappa shape index (κ3) is 9.56. The molecule has 374 valence electrons. The van der Waals surface area contributed by atoms with Crippen molar-refractivity contribution in [2.24, 2.45) is 17.6 Å². The van der Waals surface area contributed by atoms with Crippen LogP contribution in [0.25, 0.3) is 22.2 Å². The Bertz CT molecular complexity index is 2840. The number of amides is 5. The monoisotopic (exact) mass is 992 g/mol. The number of fused-ring (bicyclic) bond motifs is 2. The molecule has 0 bridgehead atoms. The van der Waals surface area contributed by atoms with Crippen LogP contribution in [0.1, 0.15) is 85.2 Å². The van der Waals surface area contributed by atoms with Gasteiger partial charge in [-0.2, -0.15) is 0 Å². The van der Waals surface area contributed by atoms with Gasteiger partial charge in [-0.3, -0.25) is 29.5 Å². The molecule has 5 heterocycles. The Balaban J connectivity index is 0.709. The largest absolute Gasteiger partial charge is 0.494 e. The number of imide groups is 1. The van der Waals surface area contributed by atoms with Gasteiger partial charge in [0.1, 0.15) is 17.1 Å². The number of halogens is 3. The third-order valence-electron chi connectivity index (χ3n) is 15.5. The van der Waals surface area contributed by atoms with Crippen LogP contribution in [-0.2, 0) is 21.7 Å². The third-order valence-corrected chi connectivity index (χ3v) is 15.9. The molecule has 4 aromatic carbocycles. The lowest BCUT2D eigenvalue weighted by atomic mass is 9.77. The van der Waals surface area contributed by atoms with Gasteiger partial charge in [0.2, 0.25) is 23.6 Å². The summed E-state index contributed by atoms with van der Waals surface area (Å²) in [6.45, 7) is 9.43. The van der Waals surface area contributed by atoms with Gasteiger partial charge in [0.15, 0.2) is 22.8 Å². The molecule has 0 spiro atoms. The normalized spacial score (nSPS) is 23.4. The SMILES string of the molecule is COc1ccc(C(N)=O)c(-c2c(Cl)c(F)cc3c2[C@H](C)[C@@](CNC2CCC(C(=O)N4CCC(CN5CCN(Cc6nc7cc(N8CCC(=O)NC8=O)ccc7o6)CC5)CC4)CC2)(c2ccccc2)O3)c1F. The van der Waals surface area contributed by atoms with E-state index in [9.17, 15) is 19.2 Å². The minimum Gasteiger partial charge on any atom is -0.494 e. The topological polar surface area (TPSA) is 176 Å². The van der Waals surface area contributed by atoms with Crippen molar-refractivity contribution in [3.05, 3.63) is 106 Å². The lowest BCUT2D eigenvalue weighted by Gasteiger charge is -2.40. The van der Waals surface area contributed by atoms with E-state index in [4.69, 9.17) is 36.2 Å². The van der Waals surface area contributed by atoms with E-state index in [0.717, 1.165) is 89.9 Å². The number of nitrogens with one attached hydrogen (secondary N) is 2. The molecule has 5 aliphatic rings. The molecule has 1 aromatic heterocycles. The second kappa shape index (κ2) is 20.2. The van der Waals surface area contributed by atoms with E-state index in [1.165, 1.54) is 25.3 Å². The molecule has 0 unspecified atom stereocenters. The van der Waals surface area contributed by atoms with Crippen molar-refractivity contribution in [3.8, 4) is 22.6 Å². The summed E-state index contributed by atoms with van der Waals surface area (Å²) in [6.07, 6.45) is 5.33. The molecule has 2 atom stereocenters. The van der Waals surface area contributed by atoms with E-state index in [-0.39, 0.29) is 63.4 Å². The van der Waals surface area contributed by atoms with Crippen LogP contribution >= 0.6 is 11.6 Å². The summed E-state index contributed by atoms with van der Waals surface area (Å²) < 4.78 is 50.1. The van der Waals surface area contributed by atoms with Crippen LogP contribution in [0, 0.1) is 23.5 Å². The Morgan fingerprint density at radius 3 is 2.35 bits per heavy atom. The molecule has 18 heteroatoms. The standard InChI is InChI=1S/C53H59ClF2N8O7/c1-31-45-42(27-38(55)48(54)47(45)46-37(50(57)66)13-15-41(69-2)49(46)56)71-53(31,34-6-4-3-5-7-34)30-58-35-10-8-33(9-11-35)51(67)63-19-16-32(17-20-63)28-61-22-24-62(25-23-61)29-44-59-39-26-36(12-14-40(39)70-44)64-21-18-43(65)60-52(64)68/h3-7,12-15,26-27,31-33,35,58H,8-11,16-25,28-30H2,1-2H3,(H2,57,66)(H,60,65,68)/t31-,33?,35?,53-/m0/s1. The Labute approximate surface area is 415 Å². The first-order chi connectivity index (χ1) is 34.3. The molecule has 1 aliphatic carbocycles. The predicted octanol–water partition coefficient (Wildman–Crippen LogP) is 7.58. The van der Waals surface area contributed by atoms with Crippen molar-refractivity contribution >= 4 is 52.1 Å². The number of hydrogen-bond acceptors (Lipinski definition) is 11. The molecular formula is C53H59ClF2N8O7. The quantitative estimate of drug-likeness (QED) is 0.106. The van der Waals surface area contributed by atoms with Gasteiger partial charge in [-0.1, -0.05) is 48.9 Å². The van der Waals surface area contributed by atoms with Crippen molar-refractivity contribution < 1.29 is 41.8 Å². The van der Waals surface area contributed by atoms with Crippen molar-refractivity contribution in [3.63, 3.8) is 0 Å².